The lowest BCUT2D eigenvalue weighted by molar-refractivity contribution is -0.685. The van der Waals surface area contributed by atoms with Gasteiger partial charge in [-0.25, -0.2) is 0 Å². The van der Waals surface area contributed by atoms with Gasteiger partial charge in [0.1, 0.15) is 0 Å². The molecule has 1 aromatic heterocycles. The molecule has 1 saturated heterocycles. The molecule has 1 N–H and O–H groups in total. The lowest BCUT2D eigenvalue weighted by atomic mass is 10.3. The van der Waals surface area contributed by atoms with Gasteiger partial charge in [0, 0.05) is 19.2 Å². The van der Waals surface area contributed by atoms with Crippen LogP contribution in [0.5, 0.6) is 0 Å². The molecule has 1 aliphatic heterocycles. The van der Waals surface area contributed by atoms with Crippen LogP contribution < -0.4 is 4.57 Å². The van der Waals surface area contributed by atoms with Crippen molar-refractivity contribution in [2.24, 2.45) is 5.16 Å². The van der Waals surface area contributed by atoms with Gasteiger partial charge in [-0.1, -0.05) is 5.16 Å². The van der Waals surface area contributed by atoms with Crippen LogP contribution in [0.3, 0.4) is 0 Å². The molecule has 1 aliphatic rings. The highest BCUT2D eigenvalue weighted by atomic mass is 16.5. The van der Waals surface area contributed by atoms with Crippen molar-refractivity contribution < 1.29 is 19.3 Å². The normalized spacial score (nSPS) is 16.1. The highest BCUT2D eigenvalue weighted by Crippen LogP contribution is 1.98. The third kappa shape index (κ3) is 3.27. The smallest absolute Gasteiger partial charge is 0.288 e. The van der Waals surface area contributed by atoms with Crippen molar-refractivity contribution >= 4 is 12.1 Å². The summed E-state index contributed by atoms with van der Waals surface area (Å²) in [5.41, 5.74) is 0.745. The predicted molar refractivity (Wildman–Crippen MR) is 63.4 cm³/mol. The van der Waals surface area contributed by atoms with Crippen LogP contribution in [0.25, 0.3) is 0 Å². The van der Waals surface area contributed by atoms with Gasteiger partial charge in [0.25, 0.3) is 5.91 Å². The summed E-state index contributed by atoms with van der Waals surface area (Å²) in [6.45, 7) is 2.79. The number of hydrogen-bond donors (Lipinski definition) is 1. The van der Waals surface area contributed by atoms with Gasteiger partial charge in [-0.05, 0) is 6.07 Å². The second-order valence-electron chi connectivity index (χ2n) is 4.05. The summed E-state index contributed by atoms with van der Waals surface area (Å²) >= 11 is 0. The maximum absolute atomic E-state index is 12.0. The molecular weight excluding hydrogens is 234 g/mol. The van der Waals surface area contributed by atoms with E-state index in [2.05, 4.69) is 5.16 Å². The van der Waals surface area contributed by atoms with Crippen molar-refractivity contribution in [2.75, 3.05) is 26.3 Å². The summed E-state index contributed by atoms with van der Waals surface area (Å²) in [6, 6.07) is 3.61. The molecule has 6 heteroatoms. The van der Waals surface area contributed by atoms with Gasteiger partial charge in [-0.2, -0.15) is 4.57 Å². The number of aromatic nitrogens is 1. The van der Waals surface area contributed by atoms with E-state index < -0.39 is 0 Å². The van der Waals surface area contributed by atoms with E-state index in [4.69, 9.17) is 9.94 Å². The molecule has 0 unspecified atom stereocenters. The lowest BCUT2D eigenvalue weighted by Gasteiger charge is -2.25. The molecule has 96 valence electrons. The fourth-order valence-corrected chi connectivity index (χ4v) is 1.85. The van der Waals surface area contributed by atoms with Crippen molar-refractivity contribution in [3.05, 3.63) is 30.1 Å². The number of pyridine rings is 1. The van der Waals surface area contributed by atoms with E-state index in [0.717, 1.165) is 5.56 Å². The Morgan fingerprint density at radius 2 is 2.33 bits per heavy atom. The van der Waals surface area contributed by atoms with Gasteiger partial charge in [-0.15, -0.1) is 0 Å². The third-order valence-electron chi connectivity index (χ3n) is 2.77. The van der Waals surface area contributed by atoms with E-state index in [1.807, 2.05) is 12.3 Å². The molecule has 0 atom stereocenters. The molecule has 0 aliphatic carbocycles. The lowest BCUT2D eigenvalue weighted by Crippen LogP contribution is -2.48. The highest BCUT2D eigenvalue weighted by molar-refractivity contribution is 5.78. The van der Waals surface area contributed by atoms with Crippen LogP contribution in [-0.2, 0) is 16.1 Å². The van der Waals surface area contributed by atoms with Gasteiger partial charge in [0.05, 0.1) is 25.0 Å². The molecule has 18 heavy (non-hydrogen) atoms. The zero-order valence-corrected chi connectivity index (χ0v) is 10.0. The number of oxime groups is 1. The third-order valence-corrected chi connectivity index (χ3v) is 2.77. The van der Waals surface area contributed by atoms with Crippen molar-refractivity contribution in [3.8, 4) is 0 Å². The van der Waals surface area contributed by atoms with Crippen LogP contribution in [-0.4, -0.2) is 48.5 Å². The van der Waals surface area contributed by atoms with Crippen LogP contribution in [0, 0.1) is 0 Å². The van der Waals surface area contributed by atoms with Gasteiger partial charge in [0.2, 0.25) is 6.54 Å². The summed E-state index contributed by atoms with van der Waals surface area (Å²) in [5, 5.41) is 11.4. The standard InChI is InChI=1S/C12H15N3O3/c16-12(15-4-6-18-7-5-15)10-14-3-1-2-11(9-14)8-13-17/h1-3,8-9H,4-7,10H2/p+1/b13-8+. The first kappa shape index (κ1) is 12.5. The second-order valence-corrected chi connectivity index (χ2v) is 4.05. The Kier molecular flexibility index (Phi) is 4.25. The molecule has 1 amide bonds. The Labute approximate surface area is 105 Å². The fraction of sp³-hybridized carbons (Fsp3) is 0.417. The number of rotatable bonds is 3. The highest BCUT2D eigenvalue weighted by Gasteiger charge is 2.20. The minimum absolute atomic E-state index is 0.0707. The number of ether oxygens (including phenoxy) is 1. The molecule has 0 spiro atoms. The van der Waals surface area contributed by atoms with Gasteiger partial charge >= 0.3 is 0 Å². The Bertz CT molecular complexity index is 442. The molecular formula is C12H16N3O3+. The average Bonchev–Trinajstić information content (AvgIpc) is 2.40. The molecule has 0 bridgehead atoms. The number of morpholine rings is 1. The van der Waals surface area contributed by atoms with Gasteiger partial charge in [-0.3, -0.25) is 4.79 Å². The number of carbonyl (C=O) groups is 1. The first-order chi connectivity index (χ1) is 8.79. The Balaban J connectivity index is 1.99. The van der Waals surface area contributed by atoms with Crippen molar-refractivity contribution in [1.82, 2.24) is 4.90 Å². The van der Waals surface area contributed by atoms with Gasteiger partial charge in [0.15, 0.2) is 12.4 Å². The van der Waals surface area contributed by atoms with Crippen LogP contribution in [0.15, 0.2) is 29.7 Å². The van der Waals surface area contributed by atoms with E-state index in [9.17, 15) is 4.79 Å². The Morgan fingerprint density at radius 1 is 1.56 bits per heavy atom. The maximum Gasteiger partial charge on any atom is 0.288 e. The molecule has 0 saturated carbocycles. The molecule has 1 fully saturated rings. The van der Waals surface area contributed by atoms with Crippen LogP contribution in [0.4, 0.5) is 0 Å². The number of carbonyl (C=O) groups excluding carboxylic acids is 1. The van der Waals surface area contributed by atoms with E-state index >= 15 is 0 Å². The fourth-order valence-electron chi connectivity index (χ4n) is 1.85. The monoisotopic (exact) mass is 250 g/mol. The summed E-state index contributed by atoms with van der Waals surface area (Å²) < 4.78 is 6.98. The minimum atomic E-state index is 0.0707. The Hall–Kier alpha value is -1.95. The molecule has 0 aromatic carbocycles. The minimum Gasteiger partial charge on any atom is -0.411 e. The summed E-state index contributed by atoms with van der Waals surface area (Å²) in [7, 11) is 0. The number of hydrogen-bond acceptors (Lipinski definition) is 4. The zero-order valence-electron chi connectivity index (χ0n) is 10.0. The second kappa shape index (κ2) is 6.11. The van der Waals surface area contributed by atoms with Crippen molar-refractivity contribution in [3.63, 3.8) is 0 Å². The zero-order chi connectivity index (χ0) is 12.8. The quantitative estimate of drug-likeness (QED) is 0.345. The van der Waals surface area contributed by atoms with E-state index in [0.29, 0.717) is 26.3 Å². The topological polar surface area (TPSA) is 66.0 Å². The van der Waals surface area contributed by atoms with Crippen LogP contribution in [0.1, 0.15) is 5.56 Å². The maximum atomic E-state index is 12.0. The number of amides is 1. The molecule has 2 heterocycles. The summed E-state index contributed by atoms with van der Waals surface area (Å²) in [6.07, 6.45) is 4.90. The van der Waals surface area contributed by atoms with Gasteiger partial charge < -0.3 is 14.8 Å². The Morgan fingerprint density at radius 3 is 3.06 bits per heavy atom. The van der Waals surface area contributed by atoms with E-state index in [1.165, 1.54) is 6.21 Å². The first-order valence-corrected chi connectivity index (χ1v) is 5.81. The van der Waals surface area contributed by atoms with Crippen LogP contribution in [0.2, 0.25) is 0 Å². The predicted octanol–water partition coefficient (Wildman–Crippen LogP) is -0.359. The van der Waals surface area contributed by atoms with Crippen LogP contribution >= 0.6 is 0 Å². The largest absolute Gasteiger partial charge is 0.411 e. The summed E-state index contributed by atoms with van der Waals surface area (Å²) in [4.78, 5) is 13.8. The molecule has 1 aromatic rings. The van der Waals surface area contributed by atoms with Crippen molar-refractivity contribution in [1.29, 1.82) is 0 Å². The number of nitrogens with zero attached hydrogens (tertiary/aromatic N) is 3. The average molecular weight is 250 g/mol. The SMILES string of the molecule is O=C(C[n+]1cccc(/C=N/O)c1)N1CCOCC1. The molecule has 2 rings (SSSR count). The molecule has 0 radical (unpaired) electrons. The summed E-state index contributed by atoms with van der Waals surface area (Å²) in [5.74, 6) is 0.0707. The van der Waals surface area contributed by atoms with Crippen molar-refractivity contribution in [2.45, 2.75) is 6.54 Å². The van der Waals surface area contributed by atoms with E-state index in [-0.39, 0.29) is 12.5 Å². The first-order valence-electron chi connectivity index (χ1n) is 5.81. The molecule has 6 nitrogen and oxygen atoms in total. The van der Waals surface area contributed by atoms with E-state index in [1.54, 1.807) is 21.7 Å².